The molecule has 0 aromatic heterocycles. The van der Waals surface area contributed by atoms with Gasteiger partial charge in [0.15, 0.2) is 17.6 Å². The lowest BCUT2D eigenvalue weighted by Crippen LogP contribution is -2.43. The maximum Gasteiger partial charge on any atom is 0.162 e. The normalized spacial score (nSPS) is 19.1. The Bertz CT molecular complexity index is 629. The molecule has 0 aliphatic carbocycles. The summed E-state index contributed by atoms with van der Waals surface area (Å²) in [5.74, 6) is 1.27. The molecule has 1 heterocycles. The van der Waals surface area contributed by atoms with Crippen LogP contribution in [0.4, 0.5) is 0 Å². The third-order valence-corrected chi connectivity index (χ3v) is 4.04. The second kappa shape index (κ2) is 7.68. The summed E-state index contributed by atoms with van der Waals surface area (Å²) in [7, 11) is 1.61. The van der Waals surface area contributed by atoms with Gasteiger partial charge in [-0.25, -0.2) is 0 Å². The summed E-state index contributed by atoms with van der Waals surface area (Å²) in [5, 5.41) is 3.96. The van der Waals surface area contributed by atoms with Gasteiger partial charge in [-0.15, -0.1) is 0 Å². The van der Waals surface area contributed by atoms with Gasteiger partial charge in [-0.2, -0.15) is 0 Å². The highest BCUT2D eigenvalue weighted by atomic mass is 35.5. The lowest BCUT2D eigenvalue weighted by atomic mass is 10.0. The molecule has 1 N–H and O–H groups in total. The summed E-state index contributed by atoms with van der Waals surface area (Å²) >= 11 is 6.03. The molecule has 2 aromatic carbocycles. The van der Waals surface area contributed by atoms with Crippen LogP contribution in [-0.4, -0.2) is 32.9 Å². The molecule has 1 fully saturated rings. The van der Waals surface area contributed by atoms with Crippen molar-refractivity contribution in [2.24, 2.45) is 0 Å². The minimum atomic E-state index is -0.223. The highest BCUT2D eigenvalue weighted by molar-refractivity contribution is 6.30. The number of hydrogen-bond donors (Lipinski definition) is 1. The molecule has 5 heteroatoms. The Balaban J connectivity index is 1.89. The highest BCUT2D eigenvalue weighted by Gasteiger charge is 2.28. The summed E-state index contributed by atoms with van der Waals surface area (Å²) in [4.78, 5) is 0. The topological polar surface area (TPSA) is 39.7 Å². The van der Waals surface area contributed by atoms with Crippen molar-refractivity contribution >= 4 is 11.6 Å². The Hall–Kier alpha value is -1.75. The molecule has 0 unspecified atom stereocenters. The minimum Gasteiger partial charge on any atom is -0.493 e. The Morgan fingerprint density at radius 2 is 2.00 bits per heavy atom. The van der Waals surface area contributed by atoms with E-state index in [1.54, 1.807) is 19.2 Å². The summed E-state index contributed by atoms with van der Waals surface area (Å²) < 4.78 is 17.6. The van der Waals surface area contributed by atoms with Crippen LogP contribution in [0.1, 0.15) is 11.7 Å². The first-order valence-electron chi connectivity index (χ1n) is 7.65. The zero-order valence-electron chi connectivity index (χ0n) is 13.0. The lowest BCUT2D eigenvalue weighted by molar-refractivity contribution is -0.0438. The van der Waals surface area contributed by atoms with Crippen LogP contribution >= 0.6 is 11.6 Å². The lowest BCUT2D eigenvalue weighted by Gasteiger charge is -2.32. The van der Waals surface area contributed by atoms with Crippen molar-refractivity contribution in [2.45, 2.75) is 12.2 Å². The molecule has 2 atom stereocenters. The molecule has 0 spiro atoms. The third-order valence-electron chi connectivity index (χ3n) is 3.80. The van der Waals surface area contributed by atoms with Crippen molar-refractivity contribution in [3.63, 3.8) is 0 Å². The van der Waals surface area contributed by atoms with E-state index in [0.29, 0.717) is 23.1 Å². The van der Waals surface area contributed by atoms with E-state index in [9.17, 15) is 0 Å². The quantitative estimate of drug-likeness (QED) is 0.909. The zero-order chi connectivity index (χ0) is 16.1. The van der Waals surface area contributed by atoms with Gasteiger partial charge in [-0.1, -0.05) is 41.9 Å². The van der Waals surface area contributed by atoms with Crippen LogP contribution in [0.15, 0.2) is 48.5 Å². The first kappa shape index (κ1) is 16.1. The van der Waals surface area contributed by atoms with Gasteiger partial charge < -0.3 is 19.5 Å². The number of rotatable bonds is 5. The number of halogens is 1. The molecular formula is C18H20ClNO3. The molecular weight excluding hydrogens is 314 g/mol. The van der Waals surface area contributed by atoms with Crippen molar-refractivity contribution in [3.05, 3.63) is 59.1 Å². The van der Waals surface area contributed by atoms with Gasteiger partial charge in [0, 0.05) is 24.2 Å². The van der Waals surface area contributed by atoms with E-state index in [4.69, 9.17) is 25.8 Å². The number of nitrogens with one attached hydrogen (secondary N) is 1. The summed E-state index contributed by atoms with van der Waals surface area (Å²) in [6.07, 6.45) is -0.286. The maximum atomic E-state index is 6.27. The van der Waals surface area contributed by atoms with Gasteiger partial charge in [0.2, 0.25) is 0 Å². The molecule has 1 aliphatic rings. The first-order valence-corrected chi connectivity index (χ1v) is 8.03. The monoisotopic (exact) mass is 333 g/mol. The fourth-order valence-corrected chi connectivity index (χ4v) is 2.82. The summed E-state index contributed by atoms with van der Waals surface area (Å²) in [6.45, 7) is 2.28. The second-order valence-electron chi connectivity index (χ2n) is 5.36. The molecule has 0 bridgehead atoms. The molecule has 0 amide bonds. The molecule has 3 rings (SSSR count). The number of methoxy groups -OCH3 is 1. The highest BCUT2D eigenvalue weighted by Crippen LogP contribution is 2.35. The maximum absolute atomic E-state index is 6.27. The van der Waals surface area contributed by atoms with Crippen LogP contribution in [0.2, 0.25) is 5.02 Å². The van der Waals surface area contributed by atoms with Crippen LogP contribution in [0.5, 0.6) is 11.5 Å². The minimum absolute atomic E-state index is 0.0634. The van der Waals surface area contributed by atoms with Gasteiger partial charge in [0.05, 0.1) is 13.7 Å². The van der Waals surface area contributed by atoms with E-state index in [0.717, 1.165) is 18.7 Å². The average Bonchev–Trinajstić information content (AvgIpc) is 2.62. The molecule has 1 saturated heterocycles. The molecule has 2 aromatic rings. The fourth-order valence-electron chi connectivity index (χ4n) is 2.66. The number of hydrogen-bond acceptors (Lipinski definition) is 4. The Labute approximate surface area is 141 Å². The Morgan fingerprint density at radius 1 is 1.17 bits per heavy atom. The molecule has 0 radical (unpaired) electrons. The van der Waals surface area contributed by atoms with Gasteiger partial charge in [0.1, 0.15) is 6.10 Å². The fraction of sp³-hybridized carbons (Fsp3) is 0.333. The van der Waals surface area contributed by atoms with E-state index in [1.165, 1.54) is 0 Å². The van der Waals surface area contributed by atoms with Crippen LogP contribution < -0.4 is 14.8 Å². The number of ether oxygens (including phenoxy) is 3. The van der Waals surface area contributed by atoms with E-state index in [-0.39, 0.29) is 12.2 Å². The second-order valence-corrected chi connectivity index (χ2v) is 5.79. The van der Waals surface area contributed by atoms with Crippen molar-refractivity contribution < 1.29 is 14.2 Å². The smallest absolute Gasteiger partial charge is 0.162 e. The van der Waals surface area contributed by atoms with E-state index < -0.39 is 0 Å². The van der Waals surface area contributed by atoms with Gasteiger partial charge in [-0.3, -0.25) is 0 Å². The predicted octanol–water partition coefficient (Wildman–Crippen LogP) is 3.46. The Kier molecular flexibility index (Phi) is 5.39. The third kappa shape index (κ3) is 3.96. The molecule has 122 valence electrons. The predicted molar refractivity (Wildman–Crippen MR) is 90.4 cm³/mol. The van der Waals surface area contributed by atoms with E-state index >= 15 is 0 Å². The van der Waals surface area contributed by atoms with Gasteiger partial charge in [0.25, 0.3) is 0 Å². The van der Waals surface area contributed by atoms with E-state index in [1.807, 2.05) is 36.4 Å². The zero-order valence-corrected chi connectivity index (χ0v) is 13.8. The van der Waals surface area contributed by atoms with Crippen LogP contribution in [0, 0.1) is 0 Å². The van der Waals surface area contributed by atoms with Gasteiger partial charge >= 0.3 is 0 Å². The molecule has 0 saturated carbocycles. The van der Waals surface area contributed by atoms with E-state index in [2.05, 4.69) is 5.32 Å². The van der Waals surface area contributed by atoms with Crippen LogP contribution in [0.25, 0.3) is 0 Å². The molecule has 1 aliphatic heterocycles. The Morgan fingerprint density at radius 3 is 2.70 bits per heavy atom. The number of morpholine rings is 1. The first-order chi connectivity index (χ1) is 11.3. The number of benzene rings is 2. The van der Waals surface area contributed by atoms with Crippen molar-refractivity contribution in [1.29, 1.82) is 0 Å². The standard InChI is InChI=1S/C18H20ClNO3/c1-21-16-11-14(19)7-8-15(16)23-18(13-5-3-2-4-6-13)17-12-20-9-10-22-17/h2-8,11,17-18,20H,9-10,12H2,1H3/t17-,18-/m1/s1. The molecule has 23 heavy (non-hydrogen) atoms. The van der Waals surface area contributed by atoms with Crippen molar-refractivity contribution in [2.75, 3.05) is 26.8 Å². The average molecular weight is 334 g/mol. The largest absolute Gasteiger partial charge is 0.493 e. The molecule has 4 nitrogen and oxygen atoms in total. The van der Waals surface area contributed by atoms with Crippen molar-refractivity contribution in [1.82, 2.24) is 5.32 Å². The summed E-state index contributed by atoms with van der Waals surface area (Å²) in [5.41, 5.74) is 1.07. The summed E-state index contributed by atoms with van der Waals surface area (Å²) in [6, 6.07) is 15.5. The van der Waals surface area contributed by atoms with Crippen LogP contribution in [-0.2, 0) is 4.74 Å². The SMILES string of the molecule is COc1cc(Cl)ccc1O[C@H](c1ccccc1)[C@H]1CNCCO1. The van der Waals surface area contributed by atoms with Crippen molar-refractivity contribution in [3.8, 4) is 11.5 Å². The van der Waals surface area contributed by atoms with Gasteiger partial charge in [-0.05, 0) is 17.7 Å². The van der Waals surface area contributed by atoms with Crippen LogP contribution in [0.3, 0.4) is 0 Å².